The van der Waals surface area contributed by atoms with Crippen LogP contribution in [0, 0.1) is 0 Å². The van der Waals surface area contributed by atoms with Gasteiger partial charge < -0.3 is 9.30 Å². The second-order valence-electron chi connectivity index (χ2n) is 12.1. The minimum atomic E-state index is 0.896. The summed E-state index contributed by atoms with van der Waals surface area (Å²) in [5.41, 5.74) is 10.7. The van der Waals surface area contributed by atoms with E-state index in [2.05, 4.69) is 168 Å². The Kier molecular flexibility index (Phi) is 5.31. The molecule has 2 nitrogen and oxygen atoms in total. The van der Waals surface area contributed by atoms with Crippen LogP contribution in [0.1, 0.15) is 0 Å². The highest BCUT2D eigenvalue weighted by atomic mass is 16.5. The van der Waals surface area contributed by atoms with Crippen LogP contribution in [0.3, 0.4) is 0 Å². The van der Waals surface area contributed by atoms with E-state index in [1.54, 1.807) is 0 Å². The van der Waals surface area contributed by atoms with Crippen LogP contribution in [-0.4, -0.2) is 4.57 Å². The number of hydrogen-bond donors (Lipinski definition) is 0. The number of rotatable bonds is 3. The number of para-hydroxylation sites is 1. The molecule has 1 aromatic heterocycles. The second-order valence-corrected chi connectivity index (χ2v) is 12.1. The fourth-order valence-corrected chi connectivity index (χ4v) is 7.60. The van der Waals surface area contributed by atoms with Gasteiger partial charge in [0.25, 0.3) is 0 Å². The maximum absolute atomic E-state index is 6.44. The number of fused-ring (bicyclic) bond motifs is 7. The molecule has 1 aliphatic rings. The number of ether oxygens (including phenoxy) is 1. The lowest BCUT2D eigenvalue weighted by Gasteiger charge is -2.22. The van der Waals surface area contributed by atoms with Crippen molar-refractivity contribution in [3.8, 4) is 50.6 Å². The molecule has 0 N–H and O–H groups in total. The van der Waals surface area contributed by atoms with Gasteiger partial charge in [0.15, 0.2) is 0 Å². The largest absolute Gasteiger partial charge is 0.456 e. The molecule has 0 radical (unpaired) electrons. The van der Waals surface area contributed by atoms with E-state index >= 15 is 0 Å². The Labute approximate surface area is 266 Å². The van der Waals surface area contributed by atoms with Crippen LogP contribution >= 0.6 is 0 Å². The summed E-state index contributed by atoms with van der Waals surface area (Å²) in [6, 6.07) is 59.0. The fourth-order valence-electron chi connectivity index (χ4n) is 7.60. The summed E-state index contributed by atoms with van der Waals surface area (Å²) < 4.78 is 8.88. The van der Waals surface area contributed by atoms with Crippen molar-refractivity contribution in [1.29, 1.82) is 0 Å². The Hall–Kier alpha value is -6.12. The van der Waals surface area contributed by atoms with Gasteiger partial charge in [0.05, 0.1) is 11.0 Å². The molecule has 0 fully saturated rings. The zero-order chi connectivity index (χ0) is 30.2. The van der Waals surface area contributed by atoms with Gasteiger partial charge in [0, 0.05) is 32.8 Å². The van der Waals surface area contributed by atoms with E-state index in [4.69, 9.17) is 4.74 Å². The van der Waals surface area contributed by atoms with Gasteiger partial charge in [-0.05, 0) is 75.0 Å². The molecule has 10 rings (SSSR count). The molecule has 0 amide bonds. The Morgan fingerprint density at radius 3 is 1.98 bits per heavy atom. The van der Waals surface area contributed by atoms with E-state index in [1.165, 1.54) is 71.2 Å². The van der Waals surface area contributed by atoms with Crippen molar-refractivity contribution >= 4 is 43.4 Å². The minimum absolute atomic E-state index is 0.896. The van der Waals surface area contributed by atoms with Crippen LogP contribution in [0.25, 0.3) is 82.4 Å². The zero-order valence-electron chi connectivity index (χ0n) is 24.9. The summed E-state index contributed by atoms with van der Waals surface area (Å²) >= 11 is 0. The first-order valence-electron chi connectivity index (χ1n) is 15.8. The number of benzene rings is 8. The lowest BCUT2D eigenvalue weighted by molar-refractivity contribution is 0.487. The highest BCUT2D eigenvalue weighted by Gasteiger charge is 2.22. The average molecular weight is 586 g/mol. The predicted octanol–water partition coefficient (Wildman–Crippen LogP) is 12.2. The molecule has 9 aromatic rings. The molecule has 214 valence electrons. The summed E-state index contributed by atoms with van der Waals surface area (Å²) in [6.45, 7) is 0. The smallest absolute Gasteiger partial charge is 0.135 e. The van der Waals surface area contributed by atoms with E-state index in [9.17, 15) is 0 Å². The standard InChI is InChI=1S/C44H27NO/c1-2-14-31(15-3-1)45-39-21-10-20-35(43(39)37-25-23-28-11-4-5-17-33(28)44(37)45)34-18-7-6-16-32(34)30-24-26-40-38(27-30)36-19-8-12-29-13-9-22-41(46-40)42(29)36/h1-27H. The molecule has 46 heavy (non-hydrogen) atoms. The SMILES string of the molecule is c1ccc(-n2c3cccc(-c4ccccc4-c4ccc5c(c4)-c4cccc6cccc(c46)O5)c3c3ccc4ccccc4c32)cc1. The van der Waals surface area contributed by atoms with E-state index in [0.29, 0.717) is 0 Å². The van der Waals surface area contributed by atoms with Crippen LogP contribution in [0.5, 0.6) is 11.5 Å². The van der Waals surface area contributed by atoms with Gasteiger partial charge in [-0.3, -0.25) is 0 Å². The van der Waals surface area contributed by atoms with Gasteiger partial charge in [-0.25, -0.2) is 0 Å². The molecule has 0 unspecified atom stereocenters. The van der Waals surface area contributed by atoms with Crippen LogP contribution in [0.15, 0.2) is 164 Å². The van der Waals surface area contributed by atoms with Crippen molar-refractivity contribution in [1.82, 2.24) is 4.57 Å². The van der Waals surface area contributed by atoms with Crippen molar-refractivity contribution in [2.45, 2.75) is 0 Å². The highest BCUT2D eigenvalue weighted by molar-refractivity contribution is 6.23. The van der Waals surface area contributed by atoms with Crippen molar-refractivity contribution in [3.63, 3.8) is 0 Å². The van der Waals surface area contributed by atoms with Crippen molar-refractivity contribution in [3.05, 3.63) is 164 Å². The third-order valence-electron chi connectivity index (χ3n) is 9.58. The molecule has 0 saturated heterocycles. The van der Waals surface area contributed by atoms with Crippen molar-refractivity contribution in [2.24, 2.45) is 0 Å². The molecule has 1 aliphatic heterocycles. The van der Waals surface area contributed by atoms with Gasteiger partial charge in [0.1, 0.15) is 11.5 Å². The Bertz CT molecular complexity index is 2660. The summed E-state index contributed by atoms with van der Waals surface area (Å²) in [7, 11) is 0. The first-order chi connectivity index (χ1) is 22.8. The predicted molar refractivity (Wildman–Crippen MR) is 192 cm³/mol. The van der Waals surface area contributed by atoms with E-state index in [1.807, 2.05) is 0 Å². The maximum atomic E-state index is 6.44. The van der Waals surface area contributed by atoms with E-state index < -0.39 is 0 Å². The van der Waals surface area contributed by atoms with Gasteiger partial charge >= 0.3 is 0 Å². The van der Waals surface area contributed by atoms with Gasteiger partial charge in [0.2, 0.25) is 0 Å². The number of aromatic nitrogens is 1. The highest BCUT2D eigenvalue weighted by Crippen LogP contribution is 2.49. The lowest BCUT2D eigenvalue weighted by Crippen LogP contribution is -1.97. The second kappa shape index (κ2) is 9.69. The molecule has 8 aromatic carbocycles. The molecule has 2 heteroatoms. The van der Waals surface area contributed by atoms with Crippen molar-refractivity contribution in [2.75, 3.05) is 0 Å². The van der Waals surface area contributed by atoms with E-state index in [0.717, 1.165) is 22.7 Å². The van der Waals surface area contributed by atoms with Gasteiger partial charge in [-0.1, -0.05) is 127 Å². The lowest BCUT2D eigenvalue weighted by atomic mass is 9.89. The topological polar surface area (TPSA) is 14.2 Å². The molecule has 0 spiro atoms. The first kappa shape index (κ1) is 25.2. The summed E-state index contributed by atoms with van der Waals surface area (Å²) in [5.74, 6) is 1.81. The van der Waals surface area contributed by atoms with Gasteiger partial charge in [-0.2, -0.15) is 0 Å². The normalized spacial score (nSPS) is 12.1. The molecule has 0 saturated carbocycles. The summed E-state index contributed by atoms with van der Waals surface area (Å²) in [5, 5.41) is 7.38. The average Bonchev–Trinajstić information content (AvgIpc) is 3.47. The number of hydrogen-bond acceptors (Lipinski definition) is 1. The Morgan fingerprint density at radius 2 is 1.09 bits per heavy atom. The zero-order valence-corrected chi connectivity index (χ0v) is 24.9. The molecule has 0 atom stereocenters. The molecular formula is C44H27NO. The fraction of sp³-hybridized carbons (Fsp3) is 0. The Morgan fingerprint density at radius 1 is 0.391 bits per heavy atom. The van der Waals surface area contributed by atoms with Crippen LogP contribution < -0.4 is 4.74 Å². The third kappa shape index (κ3) is 3.59. The van der Waals surface area contributed by atoms with Crippen LogP contribution in [0.2, 0.25) is 0 Å². The quantitative estimate of drug-likeness (QED) is 0.201. The molecular weight excluding hydrogens is 558 g/mol. The monoisotopic (exact) mass is 585 g/mol. The molecule has 0 bridgehead atoms. The van der Waals surface area contributed by atoms with Crippen LogP contribution in [-0.2, 0) is 0 Å². The minimum Gasteiger partial charge on any atom is -0.456 e. The first-order valence-corrected chi connectivity index (χ1v) is 15.8. The number of nitrogens with zero attached hydrogens (tertiary/aromatic N) is 1. The molecule has 0 aliphatic carbocycles. The maximum Gasteiger partial charge on any atom is 0.135 e. The van der Waals surface area contributed by atoms with Crippen LogP contribution in [0.4, 0.5) is 0 Å². The summed E-state index contributed by atoms with van der Waals surface area (Å²) in [6.07, 6.45) is 0. The summed E-state index contributed by atoms with van der Waals surface area (Å²) in [4.78, 5) is 0. The van der Waals surface area contributed by atoms with Gasteiger partial charge in [-0.15, -0.1) is 0 Å². The molecule has 2 heterocycles. The van der Waals surface area contributed by atoms with E-state index in [-0.39, 0.29) is 0 Å². The third-order valence-corrected chi connectivity index (χ3v) is 9.58. The van der Waals surface area contributed by atoms with Crippen molar-refractivity contribution < 1.29 is 4.74 Å². The Balaban J connectivity index is 1.24.